The predicted octanol–water partition coefficient (Wildman–Crippen LogP) is 12.2. The van der Waals surface area contributed by atoms with Gasteiger partial charge >= 0.3 is 11.9 Å². The minimum atomic E-state index is -0.0468. The molecule has 0 radical (unpaired) electrons. The number of ether oxygens (including phenoxy) is 2. The van der Waals surface area contributed by atoms with E-state index in [-0.39, 0.29) is 11.9 Å². The van der Waals surface area contributed by atoms with E-state index in [0.717, 1.165) is 44.9 Å². The molecule has 0 atom stereocenters. The molecule has 0 unspecified atom stereocenters. The molecule has 0 fully saturated rings. The third kappa shape index (κ3) is 35.0. The number of hydrogen-bond donors (Lipinski definition) is 0. The summed E-state index contributed by atoms with van der Waals surface area (Å²) in [5.74, 6) is -0.0936. The van der Waals surface area contributed by atoms with Gasteiger partial charge in [0.15, 0.2) is 0 Å². The highest BCUT2D eigenvalue weighted by Crippen LogP contribution is 2.14. The predicted molar refractivity (Wildman–Crippen MR) is 176 cm³/mol. The summed E-state index contributed by atoms with van der Waals surface area (Å²) >= 11 is 0. The molecule has 0 heterocycles. The molecule has 0 N–H and O–H groups in total. The summed E-state index contributed by atoms with van der Waals surface area (Å²) < 4.78 is 10.8. The van der Waals surface area contributed by atoms with Gasteiger partial charge in [0, 0.05) is 12.8 Å². The Morgan fingerprint density at radius 1 is 0.317 bits per heavy atom. The van der Waals surface area contributed by atoms with Crippen molar-refractivity contribution in [3.05, 3.63) is 0 Å². The highest BCUT2D eigenvalue weighted by molar-refractivity contribution is 5.69. The largest absolute Gasteiger partial charge is 0.466 e. The Bertz CT molecular complexity index is 487. The standard InChI is InChI=1S/C37H72O4/c1-3-5-7-9-11-13-15-17-19-21-26-30-34-40-36(38)32-28-24-23-25-29-33-37(39)41-35-31-27-22-20-18-16-14-12-10-8-6-4-2/h3-35H2,1-2H3. The normalized spacial score (nSPS) is 11.2. The lowest BCUT2D eigenvalue weighted by molar-refractivity contribution is -0.144. The molecule has 0 saturated heterocycles. The van der Waals surface area contributed by atoms with Crippen LogP contribution in [-0.2, 0) is 19.1 Å². The second kappa shape index (κ2) is 35.1. The van der Waals surface area contributed by atoms with Gasteiger partial charge in [-0.15, -0.1) is 0 Å². The lowest BCUT2D eigenvalue weighted by Gasteiger charge is -2.06. The molecule has 4 nitrogen and oxygen atoms in total. The second-order valence-electron chi connectivity index (χ2n) is 12.5. The molecular formula is C37H72O4. The summed E-state index contributed by atoms with van der Waals surface area (Å²) in [6.07, 6.45) is 37.6. The Morgan fingerprint density at radius 2 is 0.537 bits per heavy atom. The molecule has 0 saturated carbocycles. The lowest BCUT2D eigenvalue weighted by atomic mass is 10.1. The van der Waals surface area contributed by atoms with Crippen molar-refractivity contribution in [1.29, 1.82) is 0 Å². The molecule has 244 valence electrons. The van der Waals surface area contributed by atoms with Gasteiger partial charge in [-0.2, -0.15) is 0 Å². The summed E-state index contributed by atoms with van der Waals surface area (Å²) in [4.78, 5) is 23.8. The van der Waals surface area contributed by atoms with Crippen LogP contribution in [0.1, 0.15) is 213 Å². The molecule has 0 aliphatic carbocycles. The van der Waals surface area contributed by atoms with Crippen molar-refractivity contribution in [3.63, 3.8) is 0 Å². The SMILES string of the molecule is CCCCCCCCCCCCCCOC(=O)CCCCCCCC(=O)OCCCCCCCCCCCCCC. The monoisotopic (exact) mass is 581 g/mol. The van der Waals surface area contributed by atoms with E-state index in [9.17, 15) is 9.59 Å². The van der Waals surface area contributed by atoms with Crippen molar-refractivity contribution in [2.24, 2.45) is 0 Å². The van der Waals surface area contributed by atoms with E-state index in [1.165, 1.54) is 141 Å². The van der Waals surface area contributed by atoms with Crippen LogP contribution in [0.2, 0.25) is 0 Å². The Kier molecular flexibility index (Phi) is 34.2. The molecule has 0 aromatic carbocycles. The van der Waals surface area contributed by atoms with E-state index in [1.54, 1.807) is 0 Å². The Hall–Kier alpha value is -1.06. The van der Waals surface area contributed by atoms with Gasteiger partial charge in [0.2, 0.25) is 0 Å². The van der Waals surface area contributed by atoms with Crippen LogP contribution >= 0.6 is 0 Å². The lowest BCUT2D eigenvalue weighted by Crippen LogP contribution is -2.06. The van der Waals surface area contributed by atoms with Gasteiger partial charge in [-0.25, -0.2) is 0 Å². The number of unbranched alkanes of at least 4 members (excludes halogenated alkanes) is 26. The van der Waals surface area contributed by atoms with E-state index >= 15 is 0 Å². The minimum absolute atomic E-state index is 0.0468. The maximum absolute atomic E-state index is 11.9. The Labute approximate surface area is 256 Å². The number of esters is 2. The van der Waals surface area contributed by atoms with Crippen LogP contribution in [0.5, 0.6) is 0 Å². The van der Waals surface area contributed by atoms with Crippen molar-refractivity contribution in [3.8, 4) is 0 Å². The smallest absolute Gasteiger partial charge is 0.305 e. The zero-order valence-electron chi connectivity index (χ0n) is 28.0. The number of hydrogen-bond acceptors (Lipinski definition) is 4. The van der Waals surface area contributed by atoms with Crippen LogP contribution < -0.4 is 0 Å². The Balaban J connectivity index is 3.25. The van der Waals surface area contributed by atoms with Gasteiger partial charge in [0.1, 0.15) is 0 Å². The molecule has 0 rings (SSSR count). The summed E-state index contributed by atoms with van der Waals surface area (Å²) in [5, 5.41) is 0. The highest BCUT2D eigenvalue weighted by atomic mass is 16.5. The van der Waals surface area contributed by atoms with Crippen molar-refractivity contribution in [1.82, 2.24) is 0 Å². The van der Waals surface area contributed by atoms with Crippen LogP contribution in [0.25, 0.3) is 0 Å². The molecular weight excluding hydrogens is 508 g/mol. The fourth-order valence-corrected chi connectivity index (χ4v) is 5.47. The van der Waals surface area contributed by atoms with Gasteiger partial charge in [-0.1, -0.05) is 174 Å². The molecule has 0 aromatic heterocycles. The van der Waals surface area contributed by atoms with Gasteiger partial charge in [0.05, 0.1) is 13.2 Å². The van der Waals surface area contributed by atoms with E-state index in [0.29, 0.717) is 26.1 Å². The van der Waals surface area contributed by atoms with Crippen LogP contribution in [-0.4, -0.2) is 25.2 Å². The molecule has 0 aliphatic heterocycles. The summed E-state index contributed by atoms with van der Waals surface area (Å²) in [7, 11) is 0. The summed E-state index contributed by atoms with van der Waals surface area (Å²) in [5.41, 5.74) is 0. The molecule has 0 aliphatic rings. The summed E-state index contributed by atoms with van der Waals surface area (Å²) in [6, 6.07) is 0. The van der Waals surface area contributed by atoms with Crippen molar-refractivity contribution >= 4 is 11.9 Å². The molecule has 0 spiro atoms. The zero-order valence-corrected chi connectivity index (χ0v) is 28.0. The first kappa shape index (κ1) is 39.9. The van der Waals surface area contributed by atoms with Crippen molar-refractivity contribution in [2.75, 3.05) is 13.2 Å². The van der Waals surface area contributed by atoms with Crippen molar-refractivity contribution < 1.29 is 19.1 Å². The van der Waals surface area contributed by atoms with Crippen LogP contribution in [0.3, 0.4) is 0 Å². The molecule has 41 heavy (non-hydrogen) atoms. The fraction of sp³-hybridized carbons (Fsp3) is 0.946. The van der Waals surface area contributed by atoms with E-state index in [4.69, 9.17) is 9.47 Å². The van der Waals surface area contributed by atoms with Gasteiger partial charge in [0.25, 0.3) is 0 Å². The van der Waals surface area contributed by atoms with E-state index in [1.807, 2.05) is 0 Å². The molecule has 0 aromatic rings. The number of carbonyl (C=O) groups is 2. The topological polar surface area (TPSA) is 52.6 Å². The average molecular weight is 581 g/mol. The van der Waals surface area contributed by atoms with E-state index < -0.39 is 0 Å². The van der Waals surface area contributed by atoms with Gasteiger partial charge in [-0.05, 0) is 25.7 Å². The quantitative estimate of drug-likeness (QED) is 0.0561. The third-order valence-electron chi connectivity index (χ3n) is 8.28. The summed E-state index contributed by atoms with van der Waals surface area (Å²) in [6.45, 7) is 5.70. The first-order chi connectivity index (χ1) is 20.2. The second-order valence-corrected chi connectivity index (χ2v) is 12.5. The minimum Gasteiger partial charge on any atom is -0.466 e. The number of rotatable bonds is 34. The maximum Gasteiger partial charge on any atom is 0.305 e. The molecule has 0 amide bonds. The van der Waals surface area contributed by atoms with Crippen LogP contribution in [0, 0.1) is 0 Å². The van der Waals surface area contributed by atoms with Gasteiger partial charge < -0.3 is 9.47 Å². The Morgan fingerprint density at radius 3 is 0.805 bits per heavy atom. The van der Waals surface area contributed by atoms with Crippen molar-refractivity contribution in [2.45, 2.75) is 213 Å². The van der Waals surface area contributed by atoms with Gasteiger partial charge in [-0.3, -0.25) is 9.59 Å². The average Bonchev–Trinajstić information content (AvgIpc) is 2.97. The zero-order chi connectivity index (χ0) is 29.9. The fourth-order valence-electron chi connectivity index (χ4n) is 5.47. The maximum atomic E-state index is 11.9. The van der Waals surface area contributed by atoms with Crippen LogP contribution in [0.4, 0.5) is 0 Å². The highest BCUT2D eigenvalue weighted by Gasteiger charge is 2.05. The third-order valence-corrected chi connectivity index (χ3v) is 8.28. The van der Waals surface area contributed by atoms with E-state index in [2.05, 4.69) is 13.8 Å². The first-order valence-corrected chi connectivity index (χ1v) is 18.5. The molecule has 4 heteroatoms. The molecule has 0 bridgehead atoms. The number of carbonyl (C=O) groups excluding carboxylic acids is 2. The first-order valence-electron chi connectivity index (χ1n) is 18.5. The van der Waals surface area contributed by atoms with Crippen LogP contribution in [0.15, 0.2) is 0 Å².